The van der Waals surface area contributed by atoms with Crippen LogP contribution in [0, 0.1) is 6.92 Å². The summed E-state index contributed by atoms with van der Waals surface area (Å²) in [5, 5.41) is 0.445. The molecular formula is C9H10ClNO. The second-order valence-corrected chi connectivity index (χ2v) is 3.15. The van der Waals surface area contributed by atoms with E-state index in [9.17, 15) is 4.79 Å². The number of carbonyl (C=O) groups is 1. The highest BCUT2D eigenvalue weighted by atomic mass is 35.5. The number of anilines is 1. The summed E-state index contributed by atoms with van der Waals surface area (Å²) in [7, 11) is 0. The van der Waals surface area contributed by atoms with Gasteiger partial charge < -0.3 is 5.73 Å². The maximum absolute atomic E-state index is 11.0. The van der Waals surface area contributed by atoms with Crippen molar-refractivity contribution >= 4 is 23.1 Å². The number of rotatable bonds is 1. The lowest BCUT2D eigenvalue weighted by atomic mass is 10.1. The molecule has 0 spiro atoms. The summed E-state index contributed by atoms with van der Waals surface area (Å²) >= 11 is 5.79. The summed E-state index contributed by atoms with van der Waals surface area (Å²) in [5.41, 5.74) is 7.59. The molecule has 3 heteroatoms. The maximum Gasteiger partial charge on any atom is 0.159 e. The minimum Gasteiger partial charge on any atom is -0.397 e. The van der Waals surface area contributed by atoms with Crippen LogP contribution in [0.4, 0.5) is 5.69 Å². The fraction of sp³-hybridized carbons (Fsp3) is 0.222. The molecular weight excluding hydrogens is 174 g/mol. The molecule has 12 heavy (non-hydrogen) atoms. The number of Topliss-reactive ketones (excluding diaryl/α,β-unsaturated/α-hetero) is 1. The number of halogens is 1. The number of nitrogens with two attached hydrogens (primary N) is 1. The number of benzene rings is 1. The first-order valence-corrected chi connectivity index (χ1v) is 3.96. The minimum atomic E-state index is 0.000000000000000222. The van der Waals surface area contributed by atoms with Crippen molar-refractivity contribution in [1.29, 1.82) is 0 Å². The molecule has 0 unspecified atom stereocenters. The lowest BCUT2D eigenvalue weighted by molar-refractivity contribution is 0.101. The minimum absolute atomic E-state index is 0.000000000000000222. The van der Waals surface area contributed by atoms with E-state index in [-0.39, 0.29) is 5.78 Å². The molecule has 0 aromatic heterocycles. The lowest BCUT2D eigenvalue weighted by Crippen LogP contribution is -1.97. The first kappa shape index (κ1) is 9.07. The molecule has 1 aromatic carbocycles. The van der Waals surface area contributed by atoms with Crippen LogP contribution in [0.3, 0.4) is 0 Å². The van der Waals surface area contributed by atoms with Crippen molar-refractivity contribution in [1.82, 2.24) is 0 Å². The van der Waals surface area contributed by atoms with Crippen LogP contribution in [0.25, 0.3) is 0 Å². The molecule has 1 aromatic rings. The van der Waals surface area contributed by atoms with Crippen molar-refractivity contribution in [2.45, 2.75) is 13.8 Å². The summed E-state index contributed by atoms with van der Waals surface area (Å²) in [4.78, 5) is 11.0. The monoisotopic (exact) mass is 183 g/mol. The quantitative estimate of drug-likeness (QED) is 0.537. The maximum atomic E-state index is 11.0. The molecule has 2 N–H and O–H groups in total. The van der Waals surface area contributed by atoms with E-state index in [1.54, 1.807) is 12.1 Å². The smallest absolute Gasteiger partial charge is 0.159 e. The van der Waals surface area contributed by atoms with Crippen molar-refractivity contribution in [3.63, 3.8) is 0 Å². The Kier molecular flexibility index (Phi) is 2.38. The topological polar surface area (TPSA) is 43.1 Å². The second-order valence-electron chi connectivity index (χ2n) is 2.74. The fourth-order valence-corrected chi connectivity index (χ4v) is 1.23. The van der Waals surface area contributed by atoms with Crippen LogP contribution >= 0.6 is 11.6 Å². The first-order chi connectivity index (χ1) is 5.52. The van der Waals surface area contributed by atoms with E-state index in [1.807, 2.05) is 6.92 Å². The molecule has 0 radical (unpaired) electrons. The van der Waals surface area contributed by atoms with Gasteiger partial charge in [-0.3, -0.25) is 4.79 Å². The van der Waals surface area contributed by atoms with E-state index in [2.05, 4.69) is 0 Å². The zero-order valence-electron chi connectivity index (χ0n) is 7.02. The van der Waals surface area contributed by atoms with Crippen LogP contribution in [0.2, 0.25) is 5.02 Å². The average Bonchev–Trinajstić information content (AvgIpc) is 1.99. The fourth-order valence-electron chi connectivity index (χ4n) is 0.959. The van der Waals surface area contributed by atoms with Gasteiger partial charge in [0.25, 0.3) is 0 Å². The summed E-state index contributed by atoms with van der Waals surface area (Å²) in [6.45, 7) is 3.33. The van der Waals surface area contributed by atoms with Crippen molar-refractivity contribution in [2.24, 2.45) is 0 Å². The SMILES string of the molecule is CC(=O)c1cc(C)c(N)c(Cl)c1. The van der Waals surface area contributed by atoms with Gasteiger partial charge in [-0.25, -0.2) is 0 Å². The Morgan fingerprint density at radius 3 is 2.50 bits per heavy atom. The molecule has 1 rings (SSSR count). The van der Waals surface area contributed by atoms with Gasteiger partial charge in [-0.15, -0.1) is 0 Å². The Bertz CT molecular complexity index is 310. The molecule has 0 saturated carbocycles. The van der Waals surface area contributed by atoms with Crippen LogP contribution in [-0.4, -0.2) is 5.78 Å². The van der Waals surface area contributed by atoms with Crippen molar-refractivity contribution in [3.05, 3.63) is 28.3 Å². The van der Waals surface area contributed by atoms with E-state index in [0.29, 0.717) is 16.3 Å². The van der Waals surface area contributed by atoms with E-state index in [0.717, 1.165) is 5.56 Å². The standard InChI is InChI=1S/C9H10ClNO/c1-5-3-7(6(2)12)4-8(10)9(5)11/h3-4H,11H2,1-2H3. The van der Waals surface area contributed by atoms with E-state index in [1.165, 1.54) is 6.92 Å². The lowest BCUT2D eigenvalue weighted by Gasteiger charge is -2.04. The van der Waals surface area contributed by atoms with Gasteiger partial charge in [-0.1, -0.05) is 11.6 Å². The Morgan fingerprint density at radius 1 is 1.50 bits per heavy atom. The third kappa shape index (κ3) is 1.59. The summed E-state index contributed by atoms with van der Waals surface area (Å²) < 4.78 is 0. The molecule has 0 saturated heterocycles. The highest BCUT2D eigenvalue weighted by Gasteiger charge is 2.05. The van der Waals surface area contributed by atoms with Gasteiger partial charge in [0.2, 0.25) is 0 Å². The number of nitrogen functional groups attached to an aromatic ring is 1. The molecule has 0 fully saturated rings. The van der Waals surface area contributed by atoms with Crippen molar-refractivity contribution in [3.8, 4) is 0 Å². The third-order valence-electron chi connectivity index (χ3n) is 1.74. The first-order valence-electron chi connectivity index (χ1n) is 3.59. The van der Waals surface area contributed by atoms with Gasteiger partial charge >= 0.3 is 0 Å². The second kappa shape index (κ2) is 3.15. The molecule has 64 valence electrons. The molecule has 0 aliphatic rings. The number of hydrogen-bond donors (Lipinski definition) is 1. The third-order valence-corrected chi connectivity index (χ3v) is 2.06. The predicted molar refractivity (Wildman–Crippen MR) is 50.6 cm³/mol. The number of aryl methyl sites for hydroxylation is 1. The molecule has 0 aliphatic heterocycles. The summed E-state index contributed by atoms with van der Waals surface area (Å²) in [6.07, 6.45) is 0. The largest absolute Gasteiger partial charge is 0.397 e. The zero-order chi connectivity index (χ0) is 9.30. The predicted octanol–water partition coefficient (Wildman–Crippen LogP) is 2.43. The molecule has 0 atom stereocenters. The van der Waals surface area contributed by atoms with Crippen LogP contribution in [0.1, 0.15) is 22.8 Å². The van der Waals surface area contributed by atoms with Crippen LogP contribution in [0.5, 0.6) is 0 Å². The zero-order valence-corrected chi connectivity index (χ0v) is 7.77. The molecule has 0 heterocycles. The van der Waals surface area contributed by atoms with Crippen LogP contribution in [-0.2, 0) is 0 Å². The van der Waals surface area contributed by atoms with Gasteiger partial charge in [-0.2, -0.15) is 0 Å². The molecule has 0 amide bonds. The summed E-state index contributed by atoms with van der Waals surface area (Å²) in [6, 6.07) is 3.33. The van der Waals surface area contributed by atoms with Gasteiger partial charge in [0, 0.05) is 5.56 Å². The Labute approximate surface area is 76.3 Å². The highest BCUT2D eigenvalue weighted by Crippen LogP contribution is 2.24. The summed E-state index contributed by atoms with van der Waals surface area (Å²) in [5.74, 6) is 0.000000000000000222. The Hall–Kier alpha value is -1.02. The van der Waals surface area contributed by atoms with E-state index >= 15 is 0 Å². The van der Waals surface area contributed by atoms with Gasteiger partial charge in [-0.05, 0) is 31.5 Å². The Morgan fingerprint density at radius 2 is 2.08 bits per heavy atom. The van der Waals surface area contributed by atoms with Crippen molar-refractivity contribution in [2.75, 3.05) is 5.73 Å². The highest BCUT2D eigenvalue weighted by molar-refractivity contribution is 6.33. The van der Waals surface area contributed by atoms with Crippen LogP contribution in [0.15, 0.2) is 12.1 Å². The molecule has 0 bridgehead atoms. The van der Waals surface area contributed by atoms with Crippen LogP contribution < -0.4 is 5.73 Å². The van der Waals surface area contributed by atoms with E-state index in [4.69, 9.17) is 17.3 Å². The van der Waals surface area contributed by atoms with Gasteiger partial charge in [0.1, 0.15) is 0 Å². The molecule has 2 nitrogen and oxygen atoms in total. The number of ketones is 1. The average molecular weight is 184 g/mol. The number of hydrogen-bond acceptors (Lipinski definition) is 2. The van der Waals surface area contributed by atoms with Crippen molar-refractivity contribution < 1.29 is 4.79 Å². The normalized spacial score (nSPS) is 9.92. The van der Waals surface area contributed by atoms with E-state index < -0.39 is 0 Å². The number of carbonyl (C=O) groups excluding carboxylic acids is 1. The van der Waals surface area contributed by atoms with Gasteiger partial charge in [0.05, 0.1) is 10.7 Å². The molecule has 0 aliphatic carbocycles. The van der Waals surface area contributed by atoms with Gasteiger partial charge in [0.15, 0.2) is 5.78 Å². The Balaban J connectivity index is 3.31.